The van der Waals surface area contributed by atoms with Crippen molar-refractivity contribution in [2.24, 2.45) is 0 Å². The summed E-state index contributed by atoms with van der Waals surface area (Å²) in [7, 11) is 1.29. The number of methoxy groups -OCH3 is 1. The highest BCUT2D eigenvalue weighted by Gasteiger charge is 2.14. The van der Waals surface area contributed by atoms with E-state index in [9.17, 15) is 14.4 Å². The van der Waals surface area contributed by atoms with Crippen LogP contribution < -0.4 is 15.4 Å². The summed E-state index contributed by atoms with van der Waals surface area (Å²) in [5.41, 5.74) is 1.94. The van der Waals surface area contributed by atoms with Gasteiger partial charge in [0.15, 0.2) is 0 Å². The van der Waals surface area contributed by atoms with Gasteiger partial charge in [0.2, 0.25) is 5.91 Å². The average molecular weight is 370 g/mol. The van der Waals surface area contributed by atoms with Gasteiger partial charge in [0.05, 0.1) is 31.4 Å². The Morgan fingerprint density at radius 1 is 1.07 bits per heavy atom. The minimum Gasteiger partial charge on any atom is -0.493 e. The van der Waals surface area contributed by atoms with E-state index in [1.54, 1.807) is 43.3 Å². The number of rotatable bonds is 7. The number of carbonyl (C=O) groups is 3. The van der Waals surface area contributed by atoms with E-state index in [0.29, 0.717) is 29.2 Å². The van der Waals surface area contributed by atoms with E-state index in [4.69, 9.17) is 4.74 Å². The smallest absolute Gasteiger partial charge is 0.337 e. The number of ether oxygens (including phenoxy) is 2. The second-order valence-corrected chi connectivity index (χ2v) is 5.68. The van der Waals surface area contributed by atoms with E-state index in [-0.39, 0.29) is 6.54 Å². The van der Waals surface area contributed by atoms with Crippen molar-refractivity contribution in [3.8, 4) is 5.75 Å². The number of carbonyl (C=O) groups excluding carboxylic acids is 3. The Hall–Kier alpha value is -3.35. The Morgan fingerprint density at radius 2 is 1.81 bits per heavy atom. The average Bonchev–Trinajstić information content (AvgIpc) is 2.68. The van der Waals surface area contributed by atoms with Gasteiger partial charge in [-0.25, -0.2) is 4.79 Å². The molecule has 0 saturated carbocycles. The van der Waals surface area contributed by atoms with Crippen molar-refractivity contribution in [1.29, 1.82) is 0 Å². The molecule has 0 aliphatic rings. The molecule has 0 aromatic heterocycles. The van der Waals surface area contributed by atoms with Crippen LogP contribution >= 0.6 is 0 Å². The topological polar surface area (TPSA) is 93.7 Å². The van der Waals surface area contributed by atoms with Gasteiger partial charge in [-0.1, -0.05) is 18.2 Å². The third kappa shape index (κ3) is 5.31. The summed E-state index contributed by atoms with van der Waals surface area (Å²) >= 11 is 0. The summed E-state index contributed by atoms with van der Waals surface area (Å²) in [6, 6.07) is 11.7. The lowest BCUT2D eigenvalue weighted by Gasteiger charge is -2.12. The minimum atomic E-state index is -0.494. The fourth-order valence-electron chi connectivity index (χ4n) is 2.39. The second-order valence-electron chi connectivity index (χ2n) is 5.68. The molecule has 2 amide bonds. The molecular weight excluding hydrogens is 348 g/mol. The van der Waals surface area contributed by atoms with Crippen LogP contribution in [0.3, 0.4) is 0 Å². The predicted octanol–water partition coefficient (Wildman–Crippen LogP) is 2.55. The molecule has 2 aromatic carbocycles. The van der Waals surface area contributed by atoms with Crippen LogP contribution in [0.1, 0.15) is 33.2 Å². The Morgan fingerprint density at radius 3 is 2.52 bits per heavy atom. The Bertz CT molecular complexity index is 848. The van der Waals surface area contributed by atoms with Crippen molar-refractivity contribution >= 4 is 23.5 Å². The van der Waals surface area contributed by atoms with Crippen LogP contribution in [0, 0.1) is 6.92 Å². The first-order chi connectivity index (χ1) is 13.0. The number of para-hydroxylation sites is 1. The fourth-order valence-corrected chi connectivity index (χ4v) is 2.39. The molecule has 0 heterocycles. The zero-order valence-electron chi connectivity index (χ0n) is 15.5. The lowest BCUT2D eigenvalue weighted by molar-refractivity contribution is -0.115. The number of benzene rings is 2. The van der Waals surface area contributed by atoms with Crippen molar-refractivity contribution in [3.63, 3.8) is 0 Å². The standard InChI is InChI=1S/C20H22N2O5/c1-4-27-17-8-6-5-7-15(17)19(24)21-12-18(23)22-16-11-14(20(25)26-3)10-9-13(16)2/h5-11H,4,12H2,1-3H3,(H,21,24)(H,22,23). The van der Waals surface area contributed by atoms with Crippen LogP contribution in [0.15, 0.2) is 42.5 Å². The maximum atomic E-state index is 12.3. The highest BCUT2D eigenvalue weighted by atomic mass is 16.5. The zero-order chi connectivity index (χ0) is 19.8. The fraction of sp³-hybridized carbons (Fsp3) is 0.250. The van der Waals surface area contributed by atoms with Crippen LogP contribution in [0.25, 0.3) is 0 Å². The van der Waals surface area contributed by atoms with Crippen molar-refractivity contribution < 1.29 is 23.9 Å². The number of hydrogen-bond acceptors (Lipinski definition) is 5. The number of aryl methyl sites for hydroxylation is 1. The summed E-state index contributed by atoms with van der Waals surface area (Å²) in [4.78, 5) is 36.1. The van der Waals surface area contributed by atoms with Crippen LogP contribution in [-0.2, 0) is 9.53 Å². The first-order valence-corrected chi connectivity index (χ1v) is 8.45. The number of hydrogen-bond donors (Lipinski definition) is 2. The number of nitrogens with one attached hydrogen (secondary N) is 2. The monoisotopic (exact) mass is 370 g/mol. The van der Waals surface area contributed by atoms with Crippen LogP contribution in [0.4, 0.5) is 5.69 Å². The van der Waals surface area contributed by atoms with Crippen molar-refractivity contribution in [2.75, 3.05) is 25.6 Å². The van der Waals surface area contributed by atoms with Gasteiger partial charge in [0, 0.05) is 5.69 Å². The molecule has 0 saturated heterocycles. The third-order valence-corrected chi connectivity index (χ3v) is 3.77. The molecule has 0 fully saturated rings. The molecule has 0 atom stereocenters. The summed E-state index contributed by atoms with van der Waals surface area (Å²) in [5, 5.41) is 5.25. The van der Waals surface area contributed by atoms with Crippen LogP contribution in [0.2, 0.25) is 0 Å². The lowest BCUT2D eigenvalue weighted by Crippen LogP contribution is -2.33. The molecular formula is C20H22N2O5. The summed E-state index contributed by atoms with van der Waals surface area (Å²) in [6.45, 7) is 3.84. The van der Waals surface area contributed by atoms with E-state index >= 15 is 0 Å². The summed E-state index contributed by atoms with van der Waals surface area (Å²) in [5.74, 6) is -0.859. The minimum absolute atomic E-state index is 0.221. The van der Waals surface area contributed by atoms with E-state index in [0.717, 1.165) is 5.56 Å². The van der Waals surface area contributed by atoms with Gasteiger partial charge in [0.25, 0.3) is 5.91 Å². The van der Waals surface area contributed by atoms with E-state index in [1.807, 2.05) is 6.92 Å². The number of esters is 1. The molecule has 27 heavy (non-hydrogen) atoms. The van der Waals surface area contributed by atoms with Gasteiger partial charge in [-0.05, 0) is 43.7 Å². The molecule has 0 aliphatic carbocycles. The molecule has 0 bridgehead atoms. The second kappa shape index (κ2) is 9.38. The molecule has 0 aliphatic heterocycles. The van der Waals surface area contributed by atoms with Crippen LogP contribution in [-0.4, -0.2) is 38.0 Å². The van der Waals surface area contributed by atoms with Crippen molar-refractivity contribution in [1.82, 2.24) is 5.32 Å². The van der Waals surface area contributed by atoms with E-state index in [1.165, 1.54) is 13.2 Å². The number of anilines is 1. The third-order valence-electron chi connectivity index (χ3n) is 3.77. The Kier molecular flexibility index (Phi) is 6.93. The lowest BCUT2D eigenvalue weighted by atomic mass is 10.1. The maximum absolute atomic E-state index is 12.3. The van der Waals surface area contributed by atoms with Gasteiger partial charge >= 0.3 is 5.97 Å². The molecule has 2 aromatic rings. The van der Waals surface area contributed by atoms with E-state index < -0.39 is 17.8 Å². The van der Waals surface area contributed by atoms with Gasteiger partial charge in [-0.2, -0.15) is 0 Å². The molecule has 2 rings (SSSR count). The zero-order valence-corrected chi connectivity index (χ0v) is 15.5. The molecule has 7 heteroatoms. The summed E-state index contributed by atoms with van der Waals surface area (Å²) in [6.07, 6.45) is 0. The first-order valence-electron chi connectivity index (χ1n) is 8.45. The Labute approximate surface area is 157 Å². The van der Waals surface area contributed by atoms with Gasteiger partial charge in [-0.3, -0.25) is 9.59 Å². The predicted molar refractivity (Wildman–Crippen MR) is 101 cm³/mol. The highest BCUT2D eigenvalue weighted by Crippen LogP contribution is 2.18. The highest BCUT2D eigenvalue weighted by molar-refractivity contribution is 6.01. The molecule has 0 radical (unpaired) electrons. The molecule has 7 nitrogen and oxygen atoms in total. The van der Waals surface area contributed by atoms with Gasteiger partial charge in [-0.15, -0.1) is 0 Å². The first kappa shape index (κ1) is 20.0. The number of amides is 2. The SMILES string of the molecule is CCOc1ccccc1C(=O)NCC(=O)Nc1cc(C(=O)OC)ccc1C. The van der Waals surface area contributed by atoms with Gasteiger partial charge < -0.3 is 20.1 Å². The molecule has 142 valence electrons. The molecule has 0 unspecified atom stereocenters. The van der Waals surface area contributed by atoms with E-state index in [2.05, 4.69) is 15.4 Å². The van der Waals surface area contributed by atoms with Crippen LogP contribution in [0.5, 0.6) is 5.75 Å². The van der Waals surface area contributed by atoms with Crippen molar-refractivity contribution in [3.05, 3.63) is 59.2 Å². The largest absolute Gasteiger partial charge is 0.493 e. The Balaban J connectivity index is 2.01. The normalized spacial score (nSPS) is 10.0. The van der Waals surface area contributed by atoms with Crippen molar-refractivity contribution in [2.45, 2.75) is 13.8 Å². The summed E-state index contributed by atoms with van der Waals surface area (Å²) < 4.78 is 10.1. The quantitative estimate of drug-likeness (QED) is 0.731. The molecule has 2 N–H and O–H groups in total. The molecule has 0 spiro atoms. The van der Waals surface area contributed by atoms with Gasteiger partial charge in [0.1, 0.15) is 5.75 Å². The maximum Gasteiger partial charge on any atom is 0.337 e.